The summed E-state index contributed by atoms with van der Waals surface area (Å²) in [6, 6.07) is 10.6. The predicted octanol–water partition coefficient (Wildman–Crippen LogP) is 3.03. The maximum atomic E-state index is 12.7. The molecule has 146 valence electrons. The summed E-state index contributed by atoms with van der Waals surface area (Å²) < 4.78 is 38.2. The van der Waals surface area contributed by atoms with Crippen LogP contribution in [0.15, 0.2) is 47.4 Å². The van der Waals surface area contributed by atoms with Gasteiger partial charge in [0.2, 0.25) is 0 Å². The fraction of sp³-hybridized carbons (Fsp3) is 0.316. The van der Waals surface area contributed by atoms with Crippen molar-refractivity contribution in [2.24, 2.45) is 0 Å². The summed E-state index contributed by atoms with van der Waals surface area (Å²) in [7, 11) is -0.898. The third-order valence-corrected chi connectivity index (χ3v) is 5.24. The molecule has 2 N–H and O–H groups in total. The Balaban J connectivity index is 2.21. The fourth-order valence-electron chi connectivity index (χ4n) is 2.40. The average molecular weight is 392 g/mol. The maximum absolute atomic E-state index is 12.7. The monoisotopic (exact) mass is 392 g/mol. The number of amides is 1. The molecule has 0 saturated carbocycles. The van der Waals surface area contributed by atoms with Gasteiger partial charge in [-0.15, -0.1) is 0 Å². The Hall–Kier alpha value is -2.74. The molecule has 0 bridgehead atoms. The molecule has 2 aromatic rings. The number of rotatable bonds is 9. The van der Waals surface area contributed by atoms with Gasteiger partial charge in [0.25, 0.3) is 15.9 Å². The Kier molecular flexibility index (Phi) is 7.06. The highest BCUT2D eigenvalue weighted by atomic mass is 32.2. The number of carbonyl (C=O) groups excluding carboxylic acids is 1. The Morgan fingerprint density at radius 2 is 1.78 bits per heavy atom. The molecule has 2 aromatic carbocycles. The van der Waals surface area contributed by atoms with Gasteiger partial charge in [0, 0.05) is 18.2 Å². The highest BCUT2D eigenvalue weighted by Crippen LogP contribution is 2.30. The van der Waals surface area contributed by atoms with Crippen LogP contribution in [0.2, 0.25) is 0 Å². The summed E-state index contributed by atoms with van der Waals surface area (Å²) in [5.41, 5.74) is 0.617. The first-order valence-corrected chi connectivity index (χ1v) is 10.0. The van der Waals surface area contributed by atoms with Gasteiger partial charge in [0.05, 0.1) is 24.8 Å². The number of ether oxygens (including phenoxy) is 2. The zero-order valence-electron chi connectivity index (χ0n) is 15.6. The Labute approximate surface area is 159 Å². The van der Waals surface area contributed by atoms with Crippen molar-refractivity contribution < 1.29 is 22.7 Å². The topological polar surface area (TPSA) is 93.7 Å². The zero-order valence-corrected chi connectivity index (χ0v) is 16.4. The van der Waals surface area contributed by atoms with Gasteiger partial charge < -0.3 is 14.8 Å². The Morgan fingerprint density at radius 3 is 2.44 bits per heavy atom. The van der Waals surface area contributed by atoms with Crippen LogP contribution in [0.5, 0.6) is 11.5 Å². The molecule has 7 nitrogen and oxygen atoms in total. The van der Waals surface area contributed by atoms with Crippen LogP contribution in [-0.2, 0) is 10.0 Å². The minimum Gasteiger partial charge on any atom is -0.493 e. The van der Waals surface area contributed by atoms with E-state index < -0.39 is 10.0 Å². The molecule has 1 amide bonds. The van der Waals surface area contributed by atoms with E-state index in [0.717, 1.165) is 12.8 Å². The van der Waals surface area contributed by atoms with Crippen molar-refractivity contribution in [1.29, 1.82) is 0 Å². The largest absolute Gasteiger partial charge is 0.493 e. The van der Waals surface area contributed by atoms with Gasteiger partial charge in [-0.2, -0.15) is 0 Å². The van der Waals surface area contributed by atoms with Crippen LogP contribution in [0.4, 0.5) is 5.69 Å². The molecular formula is C19H24N2O5S. The molecular weight excluding hydrogens is 368 g/mol. The lowest BCUT2D eigenvalue weighted by Gasteiger charge is -2.12. The number of unbranched alkanes of at least 4 members (excludes halogenated alkanes) is 1. The minimum absolute atomic E-state index is 0.000395. The van der Waals surface area contributed by atoms with E-state index in [0.29, 0.717) is 29.3 Å². The number of nitrogens with one attached hydrogen (secondary N) is 2. The number of benzene rings is 2. The number of hydrogen-bond donors (Lipinski definition) is 2. The molecule has 0 atom stereocenters. The third kappa shape index (κ3) is 5.37. The molecule has 0 aliphatic rings. The number of methoxy groups -OCH3 is 2. The molecule has 0 aliphatic heterocycles. The van der Waals surface area contributed by atoms with Crippen LogP contribution in [0.1, 0.15) is 30.1 Å². The molecule has 0 aliphatic carbocycles. The summed E-state index contributed by atoms with van der Waals surface area (Å²) in [6.07, 6.45) is 1.83. The van der Waals surface area contributed by atoms with Crippen molar-refractivity contribution in [3.05, 3.63) is 48.0 Å². The molecule has 8 heteroatoms. The minimum atomic E-state index is -3.87. The van der Waals surface area contributed by atoms with E-state index in [-0.39, 0.29) is 10.8 Å². The van der Waals surface area contributed by atoms with Crippen molar-refractivity contribution in [3.8, 4) is 11.5 Å². The second-order valence-corrected chi connectivity index (χ2v) is 7.49. The molecule has 0 heterocycles. The lowest BCUT2D eigenvalue weighted by molar-refractivity contribution is 0.0953. The number of hydrogen-bond acceptors (Lipinski definition) is 5. The smallest absolute Gasteiger partial charge is 0.261 e. The maximum Gasteiger partial charge on any atom is 0.261 e. The standard InChI is InChI=1S/C19H24N2O5S/c1-4-5-11-20-19(22)14-7-6-8-16(12-14)27(23,24)21-15-9-10-17(25-2)18(13-15)26-3/h6-10,12-13,21H,4-5,11H2,1-3H3,(H,20,22). The third-order valence-electron chi connectivity index (χ3n) is 3.86. The summed E-state index contributed by atoms with van der Waals surface area (Å²) in [5.74, 6) is 0.597. The summed E-state index contributed by atoms with van der Waals surface area (Å²) in [4.78, 5) is 12.2. The Morgan fingerprint density at radius 1 is 1.04 bits per heavy atom. The van der Waals surface area contributed by atoms with Gasteiger partial charge in [-0.05, 0) is 36.8 Å². The lowest BCUT2D eigenvalue weighted by Crippen LogP contribution is -2.24. The normalized spacial score (nSPS) is 10.9. The second-order valence-electron chi connectivity index (χ2n) is 5.81. The number of anilines is 1. The van der Waals surface area contributed by atoms with E-state index in [2.05, 4.69) is 10.0 Å². The summed E-state index contributed by atoms with van der Waals surface area (Å²) in [6.45, 7) is 2.58. The predicted molar refractivity (Wildman–Crippen MR) is 104 cm³/mol. The first kappa shape index (κ1) is 20.6. The van der Waals surface area contributed by atoms with Gasteiger partial charge in [0.15, 0.2) is 11.5 Å². The van der Waals surface area contributed by atoms with Crippen LogP contribution in [0, 0.1) is 0 Å². The highest BCUT2D eigenvalue weighted by molar-refractivity contribution is 7.92. The zero-order chi connectivity index (χ0) is 19.9. The second kappa shape index (κ2) is 9.27. The molecule has 0 saturated heterocycles. The highest BCUT2D eigenvalue weighted by Gasteiger charge is 2.17. The summed E-state index contributed by atoms with van der Waals surface area (Å²) >= 11 is 0. The number of carbonyl (C=O) groups is 1. The van der Waals surface area contributed by atoms with E-state index in [1.54, 1.807) is 18.2 Å². The molecule has 0 unspecified atom stereocenters. The fourth-order valence-corrected chi connectivity index (χ4v) is 3.49. The molecule has 0 spiro atoms. The Bertz CT molecular complexity index is 897. The van der Waals surface area contributed by atoms with Crippen molar-refractivity contribution >= 4 is 21.6 Å². The van der Waals surface area contributed by atoms with E-state index >= 15 is 0 Å². The molecule has 27 heavy (non-hydrogen) atoms. The van der Waals surface area contributed by atoms with E-state index in [1.807, 2.05) is 6.92 Å². The molecule has 0 aromatic heterocycles. The van der Waals surface area contributed by atoms with Crippen molar-refractivity contribution in [2.75, 3.05) is 25.5 Å². The van der Waals surface area contributed by atoms with Gasteiger partial charge in [-0.3, -0.25) is 9.52 Å². The van der Waals surface area contributed by atoms with Crippen LogP contribution >= 0.6 is 0 Å². The quantitative estimate of drug-likeness (QED) is 0.640. The van der Waals surface area contributed by atoms with Gasteiger partial charge >= 0.3 is 0 Å². The van der Waals surface area contributed by atoms with E-state index in [4.69, 9.17) is 9.47 Å². The van der Waals surface area contributed by atoms with E-state index in [9.17, 15) is 13.2 Å². The van der Waals surface area contributed by atoms with Crippen LogP contribution in [-0.4, -0.2) is 35.1 Å². The summed E-state index contributed by atoms with van der Waals surface area (Å²) in [5, 5.41) is 2.77. The van der Waals surface area contributed by atoms with Crippen LogP contribution in [0.3, 0.4) is 0 Å². The lowest BCUT2D eigenvalue weighted by atomic mass is 10.2. The molecule has 2 rings (SSSR count). The van der Waals surface area contributed by atoms with E-state index in [1.165, 1.54) is 38.5 Å². The van der Waals surface area contributed by atoms with Gasteiger partial charge in [0.1, 0.15) is 0 Å². The average Bonchev–Trinajstić information content (AvgIpc) is 2.67. The number of sulfonamides is 1. The molecule has 0 fully saturated rings. The molecule has 0 radical (unpaired) electrons. The SMILES string of the molecule is CCCCNC(=O)c1cccc(S(=O)(=O)Nc2ccc(OC)c(OC)c2)c1. The van der Waals surface area contributed by atoms with Crippen LogP contribution in [0.25, 0.3) is 0 Å². The van der Waals surface area contributed by atoms with Crippen molar-refractivity contribution in [3.63, 3.8) is 0 Å². The first-order valence-electron chi connectivity index (χ1n) is 8.54. The first-order chi connectivity index (χ1) is 12.9. The van der Waals surface area contributed by atoms with Crippen molar-refractivity contribution in [2.45, 2.75) is 24.7 Å². The van der Waals surface area contributed by atoms with Crippen LogP contribution < -0.4 is 19.5 Å². The van der Waals surface area contributed by atoms with Gasteiger partial charge in [-0.1, -0.05) is 19.4 Å². The van der Waals surface area contributed by atoms with Gasteiger partial charge in [-0.25, -0.2) is 8.42 Å². The van der Waals surface area contributed by atoms with Crippen molar-refractivity contribution in [1.82, 2.24) is 5.32 Å².